The second-order valence-corrected chi connectivity index (χ2v) is 4.48. The highest BCUT2D eigenvalue weighted by atomic mass is 35.5. The summed E-state index contributed by atoms with van der Waals surface area (Å²) in [4.78, 5) is 4.04. The molecule has 0 atom stereocenters. The standard InChI is InChI=1S/C14H15ClN2O/c1-18-13-6-3-10(4-7-13)2-5-11-8-12(15)9-17-14(11)16/h3-4,6-9H,2,5H2,1H3,(H2,16,17). The molecule has 0 aliphatic carbocycles. The minimum absolute atomic E-state index is 0.549. The van der Waals surface area contributed by atoms with E-state index in [0.717, 1.165) is 24.2 Å². The Kier molecular flexibility index (Phi) is 4.05. The summed E-state index contributed by atoms with van der Waals surface area (Å²) < 4.78 is 5.12. The third kappa shape index (κ3) is 3.14. The highest BCUT2D eigenvalue weighted by molar-refractivity contribution is 6.30. The van der Waals surface area contributed by atoms with Crippen LogP contribution in [0.2, 0.25) is 5.02 Å². The molecule has 2 N–H and O–H groups in total. The fourth-order valence-electron chi connectivity index (χ4n) is 1.76. The Morgan fingerprint density at radius 3 is 2.61 bits per heavy atom. The van der Waals surface area contributed by atoms with Crippen LogP contribution < -0.4 is 10.5 Å². The maximum absolute atomic E-state index is 5.90. The molecule has 1 heterocycles. The van der Waals surface area contributed by atoms with Gasteiger partial charge in [-0.05, 0) is 42.2 Å². The van der Waals surface area contributed by atoms with Crippen molar-refractivity contribution < 1.29 is 4.74 Å². The van der Waals surface area contributed by atoms with E-state index in [1.807, 2.05) is 30.3 Å². The monoisotopic (exact) mass is 262 g/mol. The van der Waals surface area contributed by atoms with Crippen molar-refractivity contribution in [3.63, 3.8) is 0 Å². The third-order valence-corrected chi connectivity index (χ3v) is 3.02. The van der Waals surface area contributed by atoms with Crippen LogP contribution in [-0.2, 0) is 12.8 Å². The second-order valence-electron chi connectivity index (χ2n) is 4.05. The Morgan fingerprint density at radius 1 is 1.22 bits per heavy atom. The number of aryl methyl sites for hydroxylation is 2. The topological polar surface area (TPSA) is 48.1 Å². The number of nitrogens with zero attached hydrogens (tertiary/aromatic N) is 1. The predicted octanol–water partition coefficient (Wildman–Crippen LogP) is 3.11. The fourth-order valence-corrected chi connectivity index (χ4v) is 1.94. The van der Waals surface area contributed by atoms with Crippen LogP contribution in [0.25, 0.3) is 0 Å². The molecule has 0 radical (unpaired) electrons. The van der Waals surface area contributed by atoms with Gasteiger partial charge in [0.2, 0.25) is 0 Å². The van der Waals surface area contributed by atoms with Crippen LogP contribution in [0, 0.1) is 0 Å². The Hall–Kier alpha value is -1.74. The molecule has 0 aliphatic heterocycles. The number of halogens is 1. The summed E-state index contributed by atoms with van der Waals surface area (Å²) in [6.07, 6.45) is 3.29. The average Bonchev–Trinajstić information content (AvgIpc) is 2.40. The molecular formula is C14H15ClN2O. The molecule has 1 aromatic carbocycles. The van der Waals surface area contributed by atoms with Crippen molar-refractivity contribution in [3.05, 3.63) is 52.7 Å². The van der Waals surface area contributed by atoms with Gasteiger partial charge in [0.15, 0.2) is 0 Å². The summed E-state index contributed by atoms with van der Waals surface area (Å²) in [6.45, 7) is 0. The van der Waals surface area contributed by atoms with Gasteiger partial charge in [-0.15, -0.1) is 0 Å². The summed E-state index contributed by atoms with van der Waals surface area (Å²) in [5, 5.41) is 0.619. The smallest absolute Gasteiger partial charge is 0.126 e. The van der Waals surface area contributed by atoms with E-state index >= 15 is 0 Å². The molecule has 3 nitrogen and oxygen atoms in total. The SMILES string of the molecule is COc1ccc(CCc2cc(Cl)cnc2N)cc1. The van der Waals surface area contributed by atoms with Gasteiger partial charge in [-0.25, -0.2) is 4.98 Å². The number of nitrogen functional groups attached to an aromatic ring is 1. The molecule has 4 heteroatoms. The van der Waals surface area contributed by atoms with Gasteiger partial charge in [0.25, 0.3) is 0 Å². The van der Waals surface area contributed by atoms with E-state index in [9.17, 15) is 0 Å². The molecule has 18 heavy (non-hydrogen) atoms. The van der Waals surface area contributed by atoms with Gasteiger partial charge in [0.05, 0.1) is 12.1 Å². The first-order valence-corrected chi connectivity index (χ1v) is 6.09. The van der Waals surface area contributed by atoms with E-state index in [1.165, 1.54) is 5.56 Å². The van der Waals surface area contributed by atoms with Crippen LogP contribution >= 0.6 is 11.6 Å². The fraction of sp³-hybridized carbons (Fsp3) is 0.214. The zero-order valence-corrected chi connectivity index (χ0v) is 10.9. The number of pyridine rings is 1. The van der Waals surface area contributed by atoms with Gasteiger partial charge in [0.1, 0.15) is 11.6 Å². The first-order valence-electron chi connectivity index (χ1n) is 5.72. The molecule has 94 valence electrons. The van der Waals surface area contributed by atoms with Gasteiger partial charge in [-0.3, -0.25) is 0 Å². The number of ether oxygens (including phenoxy) is 1. The Morgan fingerprint density at radius 2 is 1.94 bits per heavy atom. The quantitative estimate of drug-likeness (QED) is 0.921. The van der Waals surface area contributed by atoms with E-state index in [4.69, 9.17) is 22.1 Å². The van der Waals surface area contributed by atoms with E-state index in [1.54, 1.807) is 13.3 Å². The highest BCUT2D eigenvalue weighted by Gasteiger charge is 2.03. The highest BCUT2D eigenvalue weighted by Crippen LogP contribution is 2.18. The normalized spacial score (nSPS) is 10.3. The molecule has 0 fully saturated rings. The minimum atomic E-state index is 0.549. The lowest BCUT2D eigenvalue weighted by Crippen LogP contribution is -1.99. The number of hydrogen-bond donors (Lipinski definition) is 1. The van der Waals surface area contributed by atoms with Crippen molar-refractivity contribution in [3.8, 4) is 5.75 Å². The molecule has 1 aromatic heterocycles. The van der Waals surface area contributed by atoms with Crippen molar-refractivity contribution in [2.45, 2.75) is 12.8 Å². The second kappa shape index (κ2) is 5.74. The summed E-state index contributed by atoms with van der Waals surface area (Å²) in [5.41, 5.74) is 8.03. The number of benzene rings is 1. The van der Waals surface area contributed by atoms with Crippen molar-refractivity contribution in [2.24, 2.45) is 0 Å². The van der Waals surface area contributed by atoms with E-state index in [0.29, 0.717) is 10.8 Å². The number of methoxy groups -OCH3 is 1. The summed E-state index contributed by atoms with van der Waals surface area (Å²) in [6, 6.07) is 9.87. The molecule has 2 rings (SSSR count). The lowest BCUT2D eigenvalue weighted by atomic mass is 10.1. The third-order valence-electron chi connectivity index (χ3n) is 2.81. The zero-order chi connectivity index (χ0) is 13.0. The molecule has 0 aliphatic rings. The van der Waals surface area contributed by atoms with Crippen LogP contribution in [0.3, 0.4) is 0 Å². The van der Waals surface area contributed by atoms with Crippen molar-refractivity contribution in [2.75, 3.05) is 12.8 Å². The predicted molar refractivity (Wildman–Crippen MR) is 74.1 cm³/mol. The number of hydrogen-bond acceptors (Lipinski definition) is 3. The van der Waals surface area contributed by atoms with Gasteiger partial charge in [-0.1, -0.05) is 23.7 Å². The van der Waals surface area contributed by atoms with Crippen molar-refractivity contribution in [1.29, 1.82) is 0 Å². The Balaban J connectivity index is 2.04. The molecule has 2 aromatic rings. The van der Waals surface area contributed by atoms with Gasteiger partial charge in [0, 0.05) is 6.20 Å². The first-order chi connectivity index (χ1) is 8.69. The average molecular weight is 263 g/mol. The maximum Gasteiger partial charge on any atom is 0.126 e. The number of anilines is 1. The largest absolute Gasteiger partial charge is 0.497 e. The van der Waals surface area contributed by atoms with E-state index in [2.05, 4.69) is 4.98 Å². The number of rotatable bonds is 4. The molecule has 0 saturated carbocycles. The molecule has 0 spiro atoms. The van der Waals surface area contributed by atoms with Crippen LogP contribution in [0.15, 0.2) is 36.5 Å². The van der Waals surface area contributed by atoms with E-state index in [-0.39, 0.29) is 0 Å². The van der Waals surface area contributed by atoms with Crippen LogP contribution in [-0.4, -0.2) is 12.1 Å². The zero-order valence-electron chi connectivity index (χ0n) is 10.2. The van der Waals surface area contributed by atoms with Crippen LogP contribution in [0.1, 0.15) is 11.1 Å². The van der Waals surface area contributed by atoms with Gasteiger partial charge >= 0.3 is 0 Å². The first kappa shape index (κ1) is 12.7. The number of aromatic nitrogens is 1. The minimum Gasteiger partial charge on any atom is -0.497 e. The number of nitrogens with two attached hydrogens (primary N) is 1. The lowest BCUT2D eigenvalue weighted by molar-refractivity contribution is 0.414. The van der Waals surface area contributed by atoms with Crippen molar-refractivity contribution in [1.82, 2.24) is 4.98 Å². The molecular weight excluding hydrogens is 248 g/mol. The van der Waals surface area contributed by atoms with E-state index < -0.39 is 0 Å². The molecule has 0 amide bonds. The summed E-state index contributed by atoms with van der Waals surface area (Å²) in [7, 11) is 1.66. The van der Waals surface area contributed by atoms with Crippen LogP contribution in [0.5, 0.6) is 5.75 Å². The molecule has 0 unspecified atom stereocenters. The Bertz CT molecular complexity index is 526. The van der Waals surface area contributed by atoms with Gasteiger partial charge < -0.3 is 10.5 Å². The van der Waals surface area contributed by atoms with Crippen LogP contribution in [0.4, 0.5) is 5.82 Å². The summed E-state index contributed by atoms with van der Waals surface area (Å²) >= 11 is 5.90. The lowest BCUT2D eigenvalue weighted by Gasteiger charge is -2.06. The molecule has 0 bridgehead atoms. The summed E-state index contributed by atoms with van der Waals surface area (Å²) in [5.74, 6) is 1.41. The van der Waals surface area contributed by atoms with Gasteiger partial charge in [-0.2, -0.15) is 0 Å². The maximum atomic E-state index is 5.90. The van der Waals surface area contributed by atoms with Crippen molar-refractivity contribution >= 4 is 17.4 Å². The Labute approximate surface area is 112 Å². The molecule has 0 saturated heterocycles.